The number of carbonyl (C=O) groups is 1. The number of hydrogen-bond acceptors (Lipinski definition) is 4. The number of pyridine rings is 1. The van der Waals surface area contributed by atoms with Gasteiger partial charge in [0.1, 0.15) is 5.03 Å². The summed E-state index contributed by atoms with van der Waals surface area (Å²) in [6, 6.07) is 3.07. The average Bonchev–Trinajstić information content (AvgIpc) is 2.55. The van der Waals surface area contributed by atoms with Crippen LogP contribution in [0.25, 0.3) is 0 Å². The highest BCUT2D eigenvalue weighted by Gasteiger charge is 2.16. The molecule has 7 heteroatoms. The summed E-state index contributed by atoms with van der Waals surface area (Å²) in [7, 11) is 0. The molecule has 0 aliphatic heterocycles. The van der Waals surface area contributed by atoms with Crippen LogP contribution in [-0.4, -0.2) is 35.9 Å². The largest absolute Gasteiger partial charge is 0.378 e. The minimum Gasteiger partial charge on any atom is -0.378 e. The molecule has 1 aromatic heterocycles. The van der Waals surface area contributed by atoms with Crippen molar-refractivity contribution < 1.29 is 18.3 Å². The van der Waals surface area contributed by atoms with Crippen LogP contribution in [0, 0.1) is 0 Å². The molecule has 128 valence electrons. The molecule has 0 atom stereocenters. The molecule has 1 amide bonds. The standard InChI is InChI=1S/C16H22F2N2O2S/c17-16(18)23-15-13(8-4-9-20-15)14(21)19-10-5-11-22-12-6-2-1-3-7-12/h4,8-9,12,16H,1-3,5-7,10-11H2,(H,19,21). The van der Waals surface area contributed by atoms with Gasteiger partial charge >= 0.3 is 0 Å². The molecule has 0 unspecified atom stereocenters. The van der Waals surface area contributed by atoms with Crippen LogP contribution in [0.2, 0.25) is 0 Å². The summed E-state index contributed by atoms with van der Waals surface area (Å²) in [5, 5.41) is 2.79. The topological polar surface area (TPSA) is 51.2 Å². The lowest BCUT2D eigenvalue weighted by Gasteiger charge is -2.21. The molecule has 1 N–H and O–H groups in total. The molecule has 0 spiro atoms. The van der Waals surface area contributed by atoms with Gasteiger partial charge in [-0.25, -0.2) is 4.98 Å². The molecule has 1 aliphatic rings. The summed E-state index contributed by atoms with van der Waals surface area (Å²) in [6.07, 6.45) is 8.46. The van der Waals surface area contributed by atoms with Gasteiger partial charge in [-0.05, 0) is 43.2 Å². The second-order valence-corrected chi connectivity index (χ2v) is 6.45. The van der Waals surface area contributed by atoms with E-state index in [9.17, 15) is 13.6 Å². The average molecular weight is 344 g/mol. The van der Waals surface area contributed by atoms with Crippen molar-refractivity contribution in [3.05, 3.63) is 23.9 Å². The van der Waals surface area contributed by atoms with E-state index in [0.29, 0.717) is 25.7 Å². The van der Waals surface area contributed by atoms with Gasteiger partial charge in [0.05, 0.1) is 11.7 Å². The first kappa shape index (κ1) is 18.1. The van der Waals surface area contributed by atoms with Gasteiger partial charge in [0.2, 0.25) is 0 Å². The number of hydrogen-bond donors (Lipinski definition) is 1. The second kappa shape index (κ2) is 9.82. The summed E-state index contributed by atoms with van der Waals surface area (Å²) in [4.78, 5) is 15.9. The quantitative estimate of drug-likeness (QED) is 0.575. The van der Waals surface area contributed by atoms with E-state index in [0.717, 1.165) is 12.8 Å². The molecule has 0 saturated heterocycles. The zero-order chi connectivity index (χ0) is 16.5. The zero-order valence-corrected chi connectivity index (χ0v) is 13.8. The Morgan fingerprint density at radius 2 is 2.17 bits per heavy atom. The Morgan fingerprint density at radius 1 is 1.39 bits per heavy atom. The Bertz CT molecular complexity index is 497. The van der Waals surface area contributed by atoms with Gasteiger partial charge in [-0.3, -0.25) is 4.79 Å². The Hall–Kier alpha value is -1.21. The number of amides is 1. The van der Waals surface area contributed by atoms with Crippen LogP contribution < -0.4 is 5.32 Å². The number of nitrogens with one attached hydrogen (secondary N) is 1. The third-order valence-electron chi connectivity index (χ3n) is 3.73. The molecule has 4 nitrogen and oxygen atoms in total. The van der Waals surface area contributed by atoms with Gasteiger partial charge in [0.15, 0.2) is 0 Å². The number of alkyl halides is 2. The van der Waals surface area contributed by atoms with Crippen molar-refractivity contribution in [2.24, 2.45) is 0 Å². The van der Waals surface area contributed by atoms with E-state index in [2.05, 4.69) is 10.3 Å². The third-order valence-corrected chi connectivity index (χ3v) is 4.46. The summed E-state index contributed by atoms with van der Waals surface area (Å²) in [5.74, 6) is -2.97. The lowest BCUT2D eigenvalue weighted by atomic mass is 9.98. The van der Waals surface area contributed by atoms with Crippen LogP contribution in [0.4, 0.5) is 8.78 Å². The van der Waals surface area contributed by atoms with Crippen molar-refractivity contribution in [1.29, 1.82) is 0 Å². The summed E-state index contributed by atoms with van der Waals surface area (Å²) < 4.78 is 30.7. The van der Waals surface area contributed by atoms with Crippen LogP contribution in [-0.2, 0) is 4.74 Å². The predicted molar refractivity (Wildman–Crippen MR) is 85.9 cm³/mol. The predicted octanol–water partition coefficient (Wildman–Crippen LogP) is 3.87. The number of ether oxygens (including phenoxy) is 1. The van der Waals surface area contributed by atoms with Crippen molar-refractivity contribution in [1.82, 2.24) is 10.3 Å². The number of thioether (sulfide) groups is 1. The number of nitrogens with zero attached hydrogens (tertiary/aromatic N) is 1. The van der Waals surface area contributed by atoms with Crippen molar-refractivity contribution >= 4 is 17.7 Å². The highest BCUT2D eigenvalue weighted by atomic mass is 32.2. The molecule has 1 fully saturated rings. The minimum atomic E-state index is -2.60. The second-order valence-electron chi connectivity index (χ2n) is 5.47. The lowest BCUT2D eigenvalue weighted by molar-refractivity contribution is 0.0273. The van der Waals surface area contributed by atoms with Crippen molar-refractivity contribution in [3.63, 3.8) is 0 Å². The van der Waals surface area contributed by atoms with E-state index in [1.165, 1.54) is 31.5 Å². The first-order chi connectivity index (χ1) is 11.2. The third kappa shape index (κ3) is 6.43. The van der Waals surface area contributed by atoms with E-state index >= 15 is 0 Å². The lowest BCUT2D eigenvalue weighted by Crippen LogP contribution is -2.27. The SMILES string of the molecule is O=C(NCCCOC1CCCCC1)c1cccnc1SC(F)F. The molecule has 0 radical (unpaired) electrons. The Morgan fingerprint density at radius 3 is 2.91 bits per heavy atom. The fraction of sp³-hybridized carbons (Fsp3) is 0.625. The van der Waals surface area contributed by atoms with E-state index in [1.54, 1.807) is 6.07 Å². The van der Waals surface area contributed by atoms with E-state index < -0.39 is 5.76 Å². The first-order valence-corrected chi connectivity index (χ1v) is 8.84. The maximum absolute atomic E-state index is 12.5. The van der Waals surface area contributed by atoms with Crippen molar-refractivity contribution in [2.45, 2.75) is 55.4 Å². The molecular weight excluding hydrogens is 322 g/mol. The molecule has 2 rings (SSSR count). The Balaban J connectivity index is 1.70. The maximum atomic E-state index is 12.5. The van der Waals surface area contributed by atoms with E-state index in [1.807, 2.05) is 0 Å². The fourth-order valence-electron chi connectivity index (χ4n) is 2.59. The van der Waals surface area contributed by atoms with Gasteiger partial charge in [0.25, 0.3) is 11.7 Å². The number of rotatable bonds is 8. The summed E-state index contributed by atoms with van der Waals surface area (Å²) in [5.41, 5.74) is 0.186. The van der Waals surface area contributed by atoms with Crippen molar-refractivity contribution in [3.8, 4) is 0 Å². The van der Waals surface area contributed by atoms with Crippen LogP contribution in [0.5, 0.6) is 0 Å². The fourth-order valence-corrected chi connectivity index (χ4v) is 3.17. The highest BCUT2D eigenvalue weighted by Crippen LogP contribution is 2.26. The normalized spacial score (nSPS) is 15.8. The first-order valence-electron chi connectivity index (χ1n) is 7.96. The monoisotopic (exact) mass is 344 g/mol. The van der Waals surface area contributed by atoms with Crippen molar-refractivity contribution in [2.75, 3.05) is 13.2 Å². The molecule has 1 aliphatic carbocycles. The van der Waals surface area contributed by atoms with Gasteiger partial charge in [-0.2, -0.15) is 8.78 Å². The van der Waals surface area contributed by atoms with Gasteiger partial charge in [-0.1, -0.05) is 19.3 Å². The van der Waals surface area contributed by atoms with Crippen LogP contribution in [0.1, 0.15) is 48.9 Å². The van der Waals surface area contributed by atoms with E-state index in [4.69, 9.17) is 4.74 Å². The van der Waals surface area contributed by atoms with E-state index in [-0.39, 0.29) is 28.3 Å². The number of halogens is 2. The molecule has 1 saturated carbocycles. The van der Waals surface area contributed by atoms with Gasteiger partial charge in [0, 0.05) is 19.3 Å². The van der Waals surface area contributed by atoms with Crippen LogP contribution in [0.3, 0.4) is 0 Å². The molecule has 0 aromatic carbocycles. The molecule has 1 heterocycles. The molecular formula is C16H22F2N2O2S. The Kier molecular flexibility index (Phi) is 7.74. The number of aromatic nitrogens is 1. The number of carbonyl (C=O) groups excluding carboxylic acids is 1. The molecule has 1 aromatic rings. The summed E-state index contributed by atoms with van der Waals surface area (Å²) >= 11 is 0.286. The van der Waals surface area contributed by atoms with Crippen LogP contribution >= 0.6 is 11.8 Å². The Labute approximate surface area is 139 Å². The van der Waals surface area contributed by atoms with Crippen LogP contribution in [0.15, 0.2) is 23.4 Å². The smallest absolute Gasteiger partial charge is 0.290 e. The zero-order valence-electron chi connectivity index (χ0n) is 13.0. The maximum Gasteiger partial charge on any atom is 0.290 e. The molecule has 0 bridgehead atoms. The van der Waals surface area contributed by atoms with Gasteiger partial charge < -0.3 is 10.1 Å². The highest BCUT2D eigenvalue weighted by molar-refractivity contribution is 7.99. The van der Waals surface area contributed by atoms with Gasteiger partial charge in [-0.15, -0.1) is 0 Å². The molecule has 23 heavy (non-hydrogen) atoms. The minimum absolute atomic E-state index is 0.0541. The summed E-state index contributed by atoms with van der Waals surface area (Å²) in [6.45, 7) is 1.07.